The van der Waals surface area contributed by atoms with E-state index in [9.17, 15) is 23.1 Å². The number of β-amino-alcohol motifs (C(OH)–C–C–N with tert-alkyl or cyclic N) is 1. The molecule has 1 aromatic rings. The van der Waals surface area contributed by atoms with Crippen molar-refractivity contribution in [2.24, 2.45) is 5.73 Å². The molecule has 4 N–H and O–H groups in total. The predicted octanol–water partition coefficient (Wildman–Crippen LogP) is -1.10. The van der Waals surface area contributed by atoms with E-state index in [1.54, 1.807) is 0 Å². The van der Waals surface area contributed by atoms with Gasteiger partial charge < -0.3 is 20.4 Å². The molecule has 0 aliphatic carbocycles. The quantitative estimate of drug-likeness (QED) is 0.637. The predicted molar refractivity (Wildman–Crippen MR) is 67.9 cm³/mol. The summed E-state index contributed by atoms with van der Waals surface area (Å²) in [7, 11) is -4.19. The number of aryl methyl sites for hydroxylation is 1. The summed E-state index contributed by atoms with van der Waals surface area (Å²) in [6, 6.07) is -0.303. The lowest BCUT2D eigenvalue weighted by atomic mass is 10.2. The first-order valence-corrected chi connectivity index (χ1v) is 7.41. The van der Waals surface area contributed by atoms with Crippen molar-refractivity contribution in [1.29, 1.82) is 0 Å². The number of rotatable bonds is 4. The molecule has 1 aliphatic rings. The number of carbonyl (C=O) groups excluding carboxylic acids is 1. The molecule has 116 valence electrons. The number of furan rings is 1. The molecule has 1 fully saturated rings. The smallest absolute Gasteiger partial charge is 0.371 e. The number of amides is 1. The van der Waals surface area contributed by atoms with Crippen molar-refractivity contribution in [3.63, 3.8) is 0 Å². The molecule has 2 atom stereocenters. The highest BCUT2D eigenvalue weighted by molar-refractivity contribution is 7.89. The van der Waals surface area contributed by atoms with E-state index < -0.39 is 39.8 Å². The van der Waals surface area contributed by atoms with Crippen LogP contribution < -0.4 is 5.73 Å². The molecule has 10 heteroatoms. The number of hydrogen-bond donors (Lipinski definition) is 3. The Morgan fingerprint density at radius 2 is 2.10 bits per heavy atom. The molecule has 1 saturated heterocycles. The van der Waals surface area contributed by atoms with Crippen LogP contribution >= 0.6 is 0 Å². The number of carboxylic acid groups (broad SMARTS) is 1. The third kappa shape index (κ3) is 2.64. The summed E-state index contributed by atoms with van der Waals surface area (Å²) in [5, 5.41) is 18.4. The number of hydrogen-bond acceptors (Lipinski definition) is 6. The van der Waals surface area contributed by atoms with Crippen LogP contribution in [0.25, 0.3) is 0 Å². The van der Waals surface area contributed by atoms with Gasteiger partial charge in [0.25, 0.3) is 0 Å². The van der Waals surface area contributed by atoms with Crippen LogP contribution in [0.3, 0.4) is 0 Å². The Kier molecular flexibility index (Phi) is 3.78. The molecule has 0 bridgehead atoms. The van der Waals surface area contributed by atoms with E-state index in [1.165, 1.54) is 6.92 Å². The Bertz CT molecular complexity index is 693. The van der Waals surface area contributed by atoms with Gasteiger partial charge in [-0.2, -0.15) is 4.31 Å². The Hall–Kier alpha value is -1.91. The summed E-state index contributed by atoms with van der Waals surface area (Å²) >= 11 is 0. The fraction of sp³-hybridized carbons (Fsp3) is 0.455. The van der Waals surface area contributed by atoms with Crippen LogP contribution in [0.15, 0.2) is 15.4 Å². The summed E-state index contributed by atoms with van der Waals surface area (Å²) in [4.78, 5) is 21.8. The molecule has 2 unspecified atom stereocenters. The van der Waals surface area contributed by atoms with Gasteiger partial charge in [-0.15, -0.1) is 0 Å². The zero-order chi connectivity index (χ0) is 15.9. The second kappa shape index (κ2) is 5.13. The number of nitrogens with two attached hydrogens (primary N) is 1. The van der Waals surface area contributed by atoms with Crippen molar-refractivity contribution in [1.82, 2.24) is 4.31 Å². The summed E-state index contributed by atoms with van der Waals surface area (Å²) < 4.78 is 30.6. The highest BCUT2D eigenvalue weighted by Crippen LogP contribution is 2.29. The van der Waals surface area contributed by atoms with Gasteiger partial charge in [-0.3, -0.25) is 4.79 Å². The van der Waals surface area contributed by atoms with Gasteiger partial charge in [0.1, 0.15) is 16.7 Å². The van der Waals surface area contributed by atoms with Crippen LogP contribution in [0.4, 0.5) is 0 Å². The van der Waals surface area contributed by atoms with Crippen molar-refractivity contribution in [2.75, 3.05) is 6.54 Å². The van der Waals surface area contributed by atoms with Crippen molar-refractivity contribution in [3.8, 4) is 0 Å². The van der Waals surface area contributed by atoms with Gasteiger partial charge in [0, 0.05) is 19.0 Å². The van der Waals surface area contributed by atoms with Crippen LogP contribution in [-0.4, -0.2) is 53.5 Å². The van der Waals surface area contributed by atoms with Crippen molar-refractivity contribution >= 4 is 21.9 Å². The summed E-state index contributed by atoms with van der Waals surface area (Å²) in [5.41, 5.74) is 5.14. The second-order valence-electron chi connectivity index (χ2n) is 4.72. The van der Waals surface area contributed by atoms with E-state index in [-0.39, 0.29) is 23.6 Å². The fourth-order valence-electron chi connectivity index (χ4n) is 2.26. The summed E-state index contributed by atoms with van der Waals surface area (Å²) in [5.74, 6) is -2.93. The van der Waals surface area contributed by atoms with Crippen LogP contribution in [0, 0.1) is 6.92 Å². The van der Waals surface area contributed by atoms with Gasteiger partial charge >= 0.3 is 5.97 Å². The van der Waals surface area contributed by atoms with Gasteiger partial charge in [-0.1, -0.05) is 0 Å². The fourth-order valence-corrected chi connectivity index (χ4v) is 4.07. The first-order valence-electron chi connectivity index (χ1n) is 5.97. The van der Waals surface area contributed by atoms with Crippen LogP contribution in [0.1, 0.15) is 22.7 Å². The number of carboxylic acids is 1. The first kappa shape index (κ1) is 15.5. The standard InChI is InChI=1S/C11H14N2O7S/c1-5-9(3-8(20-5)11(16)17)21(18,19)13-4-6(14)2-7(13)10(12)15/h3,6-7,14H,2,4H2,1H3,(H2,12,15)(H,16,17). The van der Waals surface area contributed by atoms with Gasteiger partial charge in [0.05, 0.1) is 6.10 Å². The maximum atomic E-state index is 12.5. The van der Waals surface area contributed by atoms with Crippen molar-refractivity contribution in [2.45, 2.75) is 30.4 Å². The molecule has 1 aromatic heterocycles. The van der Waals surface area contributed by atoms with E-state index in [0.717, 1.165) is 10.4 Å². The zero-order valence-corrected chi connectivity index (χ0v) is 11.8. The van der Waals surface area contributed by atoms with Gasteiger partial charge in [0.2, 0.25) is 21.7 Å². The summed E-state index contributed by atoms with van der Waals surface area (Å²) in [6.45, 7) is 1.01. The highest BCUT2D eigenvalue weighted by Gasteiger charge is 2.44. The lowest BCUT2D eigenvalue weighted by Gasteiger charge is -2.20. The molecule has 9 nitrogen and oxygen atoms in total. The SMILES string of the molecule is Cc1oc(C(=O)O)cc1S(=O)(=O)N1CC(O)CC1C(N)=O. The van der Waals surface area contributed by atoms with Crippen LogP contribution in [0.2, 0.25) is 0 Å². The second-order valence-corrected chi connectivity index (χ2v) is 6.58. The minimum absolute atomic E-state index is 0.1000. The number of aromatic carboxylic acids is 1. The average molecular weight is 318 g/mol. The van der Waals surface area contributed by atoms with E-state index in [4.69, 9.17) is 15.3 Å². The lowest BCUT2D eigenvalue weighted by molar-refractivity contribution is -0.121. The number of carbonyl (C=O) groups is 2. The molecule has 0 saturated carbocycles. The third-order valence-electron chi connectivity index (χ3n) is 3.23. The van der Waals surface area contributed by atoms with Gasteiger partial charge in [-0.25, -0.2) is 13.2 Å². The maximum absolute atomic E-state index is 12.5. The van der Waals surface area contributed by atoms with Crippen LogP contribution in [0.5, 0.6) is 0 Å². The topological polar surface area (TPSA) is 151 Å². The molecule has 2 rings (SSSR count). The third-order valence-corrected chi connectivity index (χ3v) is 5.21. The number of nitrogens with zero attached hydrogens (tertiary/aromatic N) is 1. The Labute approximate surface area is 120 Å². The van der Waals surface area contributed by atoms with Crippen molar-refractivity contribution in [3.05, 3.63) is 17.6 Å². The number of aliphatic hydroxyl groups excluding tert-OH is 1. The van der Waals surface area contributed by atoms with Gasteiger partial charge in [-0.05, 0) is 6.92 Å². The van der Waals surface area contributed by atoms with E-state index in [2.05, 4.69) is 0 Å². The minimum atomic E-state index is -4.19. The number of sulfonamides is 1. The van der Waals surface area contributed by atoms with E-state index >= 15 is 0 Å². The lowest BCUT2D eigenvalue weighted by Crippen LogP contribution is -2.43. The minimum Gasteiger partial charge on any atom is -0.475 e. The Morgan fingerprint density at radius 3 is 2.57 bits per heavy atom. The molecule has 0 aromatic carbocycles. The van der Waals surface area contributed by atoms with Crippen LogP contribution in [-0.2, 0) is 14.8 Å². The molecule has 1 aliphatic heterocycles. The number of aliphatic hydroxyl groups is 1. The first-order chi connectivity index (χ1) is 9.64. The Morgan fingerprint density at radius 1 is 1.48 bits per heavy atom. The Balaban J connectivity index is 2.46. The van der Waals surface area contributed by atoms with E-state index in [1.807, 2.05) is 0 Å². The molecule has 2 heterocycles. The molecule has 0 spiro atoms. The molecular weight excluding hydrogens is 304 g/mol. The normalized spacial score (nSPS) is 23.3. The highest BCUT2D eigenvalue weighted by atomic mass is 32.2. The zero-order valence-electron chi connectivity index (χ0n) is 11.0. The molecular formula is C11H14N2O7S. The van der Waals surface area contributed by atoms with Gasteiger partial charge in [0.15, 0.2) is 0 Å². The monoisotopic (exact) mass is 318 g/mol. The number of primary amides is 1. The molecule has 21 heavy (non-hydrogen) atoms. The molecule has 1 amide bonds. The van der Waals surface area contributed by atoms with E-state index in [0.29, 0.717) is 0 Å². The molecule has 0 radical (unpaired) electrons. The maximum Gasteiger partial charge on any atom is 0.371 e. The average Bonchev–Trinajstić information content (AvgIpc) is 2.93. The summed E-state index contributed by atoms with van der Waals surface area (Å²) in [6.07, 6.45) is -1.11. The van der Waals surface area contributed by atoms with Crippen molar-refractivity contribution < 1.29 is 32.6 Å². The largest absolute Gasteiger partial charge is 0.475 e.